The van der Waals surface area contributed by atoms with E-state index in [1.165, 1.54) is 0 Å². The summed E-state index contributed by atoms with van der Waals surface area (Å²) in [6.07, 6.45) is 2.82. The molecule has 0 bridgehead atoms. The molecule has 3 rings (SSSR count). The van der Waals surface area contributed by atoms with Gasteiger partial charge in [-0.05, 0) is 24.5 Å². The molecule has 0 aromatic carbocycles. The quantitative estimate of drug-likeness (QED) is 0.831. The third-order valence-corrected chi connectivity index (χ3v) is 4.35. The number of hydrogen-bond donors (Lipinski definition) is 0. The van der Waals surface area contributed by atoms with Crippen LogP contribution < -0.4 is 4.90 Å². The van der Waals surface area contributed by atoms with Gasteiger partial charge >= 0.3 is 0 Å². The Balaban J connectivity index is 1.60. The van der Waals surface area contributed by atoms with Crippen LogP contribution in [0.2, 0.25) is 5.02 Å². The molecule has 1 amide bonds. The second-order valence-corrected chi connectivity index (χ2v) is 5.85. The molecule has 0 radical (unpaired) electrons. The van der Waals surface area contributed by atoms with Crippen molar-refractivity contribution < 1.29 is 4.79 Å². The van der Waals surface area contributed by atoms with E-state index in [-0.39, 0.29) is 5.92 Å². The van der Waals surface area contributed by atoms with Crippen LogP contribution in [-0.2, 0) is 4.79 Å². The van der Waals surface area contributed by atoms with Gasteiger partial charge in [-0.3, -0.25) is 4.79 Å². The van der Waals surface area contributed by atoms with Gasteiger partial charge in [-0.15, -0.1) is 0 Å². The molecule has 2 heterocycles. The molecule has 2 aliphatic rings. The molecule has 0 spiro atoms. The maximum absolute atomic E-state index is 12.1. The van der Waals surface area contributed by atoms with Gasteiger partial charge in [0.25, 0.3) is 0 Å². The fourth-order valence-corrected chi connectivity index (χ4v) is 2.89. The Labute approximate surface area is 118 Å². The number of hydrogen-bond acceptors (Lipinski definition) is 3. The average Bonchev–Trinajstić information content (AvgIpc) is 3.16. The van der Waals surface area contributed by atoms with E-state index < -0.39 is 0 Å². The molecule has 2 atom stereocenters. The third kappa shape index (κ3) is 2.54. The largest absolute Gasteiger partial charge is 0.352 e. The van der Waals surface area contributed by atoms with Gasteiger partial charge in [0.1, 0.15) is 5.82 Å². The molecule has 102 valence electrons. The molecule has 0 N–H and O–H groups in total. The standard InChI is InChI=1S/C14H18ClN3O/c1-10-9-11(10)14(19)18-7-5-17(6-8-18)13-12(15)3-2-4-16-13/h2-4,10-11H,5-9H2,1H3/t10-,11+/m1/s1. The molecular weight excluding hydrogens is 262 g/mol. The van der Waals surface area contributed by atoms with Crippen LogP contribution in [0, 0.1) is 11.8 Å². The fraction of sp³-hybridized carbons (Fsp3) is 0.571. The molecule has 0 unspecified atom stereocenters. The molecule has 4 nitrogen and oxygen atoms in total. The summed E-state index contributed by atoms with van der Waals surface area (Å²) in [5, 5.41) is 0.679. The Kier molecular flexibility index (Phi) is 3.35. The fourth-order valence-electron chi connectivity index (χ4n) is 2.65. The summed E-state index contributed by atoms with van der Waals surface area (Å²) in [6, 6.07) is 3.69. The monoisotopic (exact) mass is 279 g/mol. The number of amides is 1. The smallest absolute Gasteiger partial charge is 0.226 e. The maximum Gasteiger partial charge on any atom is 0.226 e. The molecular formula is C14H18ClN3O. The third-order valence-electron chi connectivity index (χ3n) is 4.06. The van der Waals surface area contributed by atoms with Gasteiger partial charge in [0.15, 0.2) is 0 Å². The normalized spacial score (nSPS) is 26.4. The van der Waals surface area contributed by atoms with Gasteiger partial charge in [-0.1, -0.05) is 18.5 Å². The highest BCUT2D eigenvalue weighted by atomic mass is 35.5. The lowest BCUT2D eigenvalue weighted by molar-refractivity contribution is -0.133. The van der Waals surface area contributed by atoms with Crippen molar-refractivity contribution in [1.29, 1.82) is 0 Å². The Morgan fingerprint density at radius 1 is 1.37 bits per heavy atom. The summed E-state index contributed by atoms with van der Waals surface area (Å²) >= 11 is 6.15. The molecule has 1 aromatic heterocycles. The minimum absolute atomic E-state index is 0.282. The number of carbonyl (C=O) groups is 1. The van der Waals surface area contributed by atoms with E-state index >= 15 is 0 Å². The van der Waals surface area contributed by atoms with Gasteiger partial charge in [0, 0.05) is 38.3 Å². The second-order valence-electron chi connectivity index (χ2n) is 5.44. The highest BCUT2D eigenvalue weighted by molar-refractivity contribution is 6.32. The minimum Gasteiger partial charge on any atom is -0.352 e. The number of carbonyl (C=O) groups excluding carboxylic acids is 1. The summed E-state index contributed by atoms with van der Waals surface area (Å²) in [7, 11) is 0. The Morgan fingerprint density at radius 2 is 2.05 bits per heavy atom. The van der Waals surface area contributed by atoms with Gasteiger partial charge < -0.3 is 9.80 Å². The van der Waals surface area contributed by atoms with Crippen molar-refractivity contribution in [3.05, 3.63) is 23.4 Å². The highest BCUT2D eigenvalue weighted by Crippen LogP contribution is 2.39. The maximum atomic E-state index is 12.1. The van der Waals surface area contributed by atoms with Crippen molar-refractivity contribution >= 4 is 23.3 Å². The van der Waals surface area contributed by atoms with Crippen molar-refractivity contribution in [2.24, 2.45) is 11.8 Å². The zero-order valence-corrected chi connectivity index (χ0v) is 11.8. The summed E-state index contributed by atoms with van der Waals surface area (Å²) in [5.74, 6) is 2.02. The van der Waals surface area contributed by atoms with Crippen molar-refractivity contribution in [3.63, 3.8) is 0 Å². The Morgan fingerprint density at radius 3 is 2.63 bits per heavy atom. The van der Waals surface area contributed by atoms with E-state index in [0.29, 0.717) is 16.8 Å². The van der Waals surface area contributed by atoms with E-state index in [4.69, 9.17) is 11.6 Å². The number of piperazine rings is 1. The minimum atomic E-state index is 0.282. The Bertz CT molecular complexity index is 485. The van der Waals surface area contributed by atoms with Crippen LogP contribution in [0.25, 0.3) is 0 Å². The topological polar surface area (TPSA) is 36.4 Å². The predicted molar refractivity (Wildman–Crippen MR) is 75.3 cm³/mol. The first-order valence-corrected chi connectivity index (χ1v) is 7.19. The number of anilines is 1. The number of aromatic nitrogens is 1. The van der Waals surface area contributed by atoms with Crippen LogP contribution in [0.15, 0.2) is 18.3 Å². The van der Waals surface area contributed by atoms with Crippen LogP contribution in [0.4, 0.5) is 5.82 Å². The lowest BCUT2D eigenvalue weighted by atomic mass is 10.2. The molecule has 5 heteroatoms. The molecule has 1 saturated carbocycles. The van der Waals surface area contributed by atoms with Crippen LogP contribution in [0.3, 0.4) is 0 Å². The molecule has 1 aromatic rings. The van der Waals surface area contributed by atoms with Crippen molar-refractivity contribution in [1.82, 2.24) is 9.88 Å². The van der Waals surface area contributed by atoms with E-state index in [0.717, 1.165) is 38.4 Å². The molecule has 1 aliphatic heterocycles. The number of nitrogens with zero attached hydrogens (tertiary/aromatic N) is 3. The summed E-state index contributed by atoms with van der Waals surface area (Å²) in [5.41, 5.74) is 0. The molecule has 1 saturated heterocycles. The van der Waals surface area contributed by atoms with Crippen LogP contribution in [0.5, 0.6) is 0 Å². The lowest BCUT2D eigenvalue weighted by Gasteiger charge is -2.35. The number of halogens is 1. The molecule has 2 fully saturated rings. The summed E-state index contributed by atoms with van der Waals surface area (Å²) in [6.45, 7) is 5.31. The summed E-state index contributed by atoms with van der Waals surface area (Å²) in [4.78, 5) is 20.6. The first-order chi connectivity index (χ1) is 9.16. The van der Waals surface area contributed by atoms with Gasteiger partial charge in [0.05, 0.1) is 5.02 Å². The van der Waals surface area contributed by atoms with E-state index in [9.17, 15) is 4.79 Å². The van der Waals surface area contributed by atoms with Gasteiger partial charge in [0.2, 0.25) is 5.91 Å². The molecule has 19 heavy (non-hydrogen) atoms. The van der Waals surface area contributed by atoms with Gasteiger partial charge in [-0.25, -0.2) is 4.98 Å². The van der Waals surface area contributed by atoms with E-state index in [1.54, 1.807) is 6.20 Å². The first-order valence-electron chi connectivity index (χ1n) is 6.81. The van der Waals surface area contributed by atoms with Gasteiger partial charge in [-0.2, -0.15) is 0 Å². The van der Waals surface area contributed by atoms with Crippen molar-refractivity contribution in [2.45, 2.75) is 13.3 Å². The van der Waals surface area contributed by atoms with E-state index in [2.05, 4.69) is 16.8 Å². The van der Waals surface area contributed by atoms with Crippen LogP contribution in [0.1, 0.15) is 13.3 Å². The van der Waals surface area contributed by atoms with E-state index in [1.807, 2.05) is 17.0 Å². The first kappa shape index (κ1) is 12.7. The number of rotatable bonds is 2. The lowest BCUT2D eigenvalue weighted by Crippen LogP contribution is -2.49. The SMILES string of the molecule is C[C@@H]1C[C@@H]1C(=O)N1CCN(c2ncccc2Cl)CC1. The number of pyridine rings is 1. The predicted octanol–water partition coefficient (Wildman–Crippen LogP) is 2.04. The summed E-state index contributed by atoms with van der Waals surface area (Å²) < 4.78 is 0. The second kappa shape index (κ2) is 5.00. The van der Waals surface area contributed by atoms with Crippen LogP contribution in [-0.4, -0.2) is 42.0 Å². The van der Waals surface area contributed by atoms with Crippen LogP contribution >= 0.6 is 11.6 Å². The molecule has 1 aliphatic carbocycles. The average molecular weight is 280 g/mol. The van der Waals surface area contributed by atoms with Crippen molar-refractivity contribution in [3.8, 4) is 0 Å². The zero-order valence-electron chi connectivity index (χ0n) is 11.1. The Hall–Kier alpha value is -1.29. The van der Waals surface area contributed by atoms with Crippen molar-refractivity contribution in [2.75, 3.05) is 31.1 Å². The highest BCUT2D eigenvalue weighted by Gasteiger charge is 2.42. The zero-order chi connectivity index (χ0) is 13.4.